The average Bonchev–Trinajstić information content (AvgIpc) is 2.48. The van der Waals surface area contributed by atoms with Gasteiger partial charge in [0.15, 0.2) is 0 Å². The molecule has 0 aliphatic rings. The predicted molar refractivity (Wildman–Crippen MR) is 83.7 cm³/mol. The molecule has 6 nitrogen and oxygen atoms in total. The Bertz CT molecular complexity index is 503. The molecule has 1 aromatic carbocycles. The maximum absolute atomic E-state index is 12.6. The molecule has 1 aromatic rings. The van der Waals surface area contributed by atoms with E-state index in [1.807, 2.05) is 13.8 Å². The van der Waals surface area contributed by atoms with Gasteiger partial charge < -0.3 is 10.2 Å². The lowest BCUT2D eigenvalue weighted by atomic mass is 10.1. The molecule has 0 radical (unpaired) electrons. The van der Waals surface area contributed by atoms with Crippen molar-refractivity contribution in [3.05, 3.63) is 33.9 Å². The Hall–Kier alpha value is -2.11. The van der Waals surface area contributed by atoms with Gasteiger partial charge in [-0.25, -0.2) is 0 Å². The van der Waals surface area contributed by atoms with Crippen LogP contribution in [0.25, 0.3) is 0 Å². The molecule has 116 valence electrons. The van der Waals surface area contributed by atoms with E-state index in [0.717, 1.165) is 12.8 Å². The zero-order valence-electron chi connectivity index (χ0n) is 12.9. The second kappa shape index (κ2) is 8.24. The average molecular weight is 293 g/mol. The number of nitrogens with zero attached hydrogens (tertiary/aromatic N) is 2. The molecule has 0 fully saturated rings. The molecule has 21 heavy (non-hydrogen) atoms. The van der Waals surface area contributed by atoms with Gasteiger partial charge in [0.1, 0.15) is 5.69 Å². The van der Waals surface area contributed by atoms with Gasteiger partial charge in [0, 0.05) is 25.7 Å². The van der Waals surface area contributed by atoms with E-state index in [-0.39, 0.29) is 11.6 Å². The molecule has 6 heteroatoms. The number of nitro groups is 1. The molecule has 0 saturated carbocycles. The first-order valence-corrected chi connectivity index (χ1v) is 7.37. The summed E-state index contributed by atoms with van der Waals surface area (Å²) in [4.78, 5) is 25.0. The van der Waals surface area contributed by atoms with Crippen molar-refractivity contribution in [2.24, 2.45) is 0 Å². The topological polar surface area (TPSA) is 75.5 Å². The number of amides is 1. The highest BCUT2D eigenvalue weighted by Gasteiger charge is 2.23. The lowest BCUT2D eigenvalue weighted by molar-refractivity contribution is -0.384. The van der Waals surface area contributed by atoms with Gasteiger partial charge in [-0.15, -0.1) is 0 Å². The quantitative estimate of drug-likeness (QED) is 0.589. The number of nitro benzene ring substituents is 1. The summed E-state index contributed by atoms with van der Waals surface area (Å²) in [7, 11) is 0. The standard InChI is InChI=1S/C15H23N3O3/c1-4-7-11-17(6-3)15(19)12-9-8-10-13(18(20)21)14(12)16-5-2/h8-10,16H,4-7,11H2,1-3H3. The normalized spacial score (nSPS) is 10.2. The Morgan fingerprint density at radius 3 is 2.57 bits per heavy atom. The van der Waals surface area contributed by atoms with Gasteiger partial charge in [-0.05, 0) is 26.3 Å². The monoisotopic (exact) mass is 293 g/mol. The van der Waals surface area contributed by atoms with Gasteiger partial charge in [0.05, 0.1) is 10.5 Å². The SMILES string of the molecule is CCCCN(CC)C(=O)c1cccc([N+](=O)[O-])c1NCC. The highest BCUT2D eigenvalue weighted by molar-refractivity contribution is 6.01. The second-order valence-electron chi connectivity index (χ2n) is 4.73. The summed E-state index contributed by atoms with van der Waals surface area (Å²) >= 11 is 0. The third kappa shape index (κ3) is 4.18. The third-order valence-corrected chi connectivity index (χ3v) is 3.27. The minimum atomic E-state index is -0.461. The van der Waals surface area contributed by atoms with Crippen LogP contribution in [0.2, 0.25) is 0 Å². The molecule has 0 spiro atoms. The van der Waals surface area contributed by atoms with E-state index < -0.39 is 4.92 Å². The number of unbranched alkanes of at least 4 members (excludes halogenated alkanes) is 1. The van der Waals surface area contributed by atoms with Crippen LogP contribution >= 0.6 is 0 Å². The Balaban J connectivity index is 3.18. The van der Waals surface area contributed by atoms with E-state index in [1.54, 1.807) is 17.0 Å². The summed E-state index contributed by atoms with van der Waals surface area (Å²) in [6.45, 7) is 7.60. The van der Waals surface area contributed by atoms with Crippen molar-refractivity contribution in [3.63, 3.8) is 0 Å². The van der Waals surface area contributed by atoms with Gasteiger partial charge in [0.25, 0.3) is 11.6 Å². The van der Waals surface area contributed by atoms with Crippen molar-refractivity contribution in [3.8, 4) is 0 Å². The first kappa shape index (κ1) is 16.9. The number of hydrogen-bond acceptors (Lipinski definition) is 4. The highest BCUT2D eigenvalue weighted by atomic mass is 16.6. The molecule has 1 amide bonds. The van der Waals surface area contributed by atoms with Crippen LogP contribution < -0.4 is 5.32 Å². The number of rotatable bonds is 8. The van der Waals surface area contributed by atoms with Crippen molar-refractivity contribution < 1.29 is 9.72 Å². The summed E-state index contributed by atoms with van der Waals surface area (Å²) in [5.74, 6) is -0.161. The molecular weight excluding hydrogens is 270 g/mol. The zero-order valence-corrected chi connectivity index (χ0v) is 12.9. The van der Waals surface area contributed by atoms with Crippen LogP contribution in [0.4, 0.5) is 11.4 Å². The Morgan fingerprint density at radius 1 is 1.33 bits per heavy atom. The van der Waals surface area contributed by atoms with Crippen LogP contribution in [0.5, 0.6) is 0 Å². The van der Waals surface area contributed by atoms with Gasteiger partial charge in [-0.1, -0.05) is 19.4 Å². The Labute approximate surface area is 125 Å². The number of hydrogen-bond donors (Lipinski definition) is 1. The van der Waals surface area contributed by atoms with Crippen molar-refractivity contribution in [1.82, 2.24) is 4.90 Å². The van der Waals surface area contributed by atoms with E-state index >= 15 is 0 Å². The maximum atomic E-state index is 12.6. The number of carbonyl (C=O) groups excluding carboxylic acids is 1. The molecule has 1 rings (SSSR count). The largest absolute Gasteiger partial charge is 0.379 e. The molecule has 0 aliphatic heterocycles. The number of carbonyl (C=O) groups is 1. The summed E-state index contributed by atoms with van der Waals surface area (Å²) in [5, 5.41) is 14.1. The summed E-state index contributed by atoms with van der Waals surface area (Å²) in [6.07, 6.45) is 1.92. The molecule has 0 unspecified atom stereocenters. The number of anilines is 1. The summed E-state index contributed by atoms with van der Waals surface area (Å²) in [5.41, 5.74) is 0.614. The summed E-state index contributed by atoms with van der Waals surface area (Å²) < 4.78 is 0. The van der Waals surface area contributed by atoms with E-state index in [2.05, 4.69) is 12.2 Å². The molecule has 0 aromatic heterocycles. The number of nitrogens with one attached hydrogen (secondary N) is 1. The van der Waals surface area contributed by atoms with Crippen LogP contribution in [-0.4, -0.2) is 35.4 Å². The molecule has 0 atom stereocenters. The number of para-hydroxylation sites is 1. The zero-order chi connectivity index (χ0) is 15.8. The van der Waals surface area contributed by atoms with Crippen molar-refractivity contribution in [1.29, 1.82) is 0 Å². The molecule has 0 saturated heterocycles. The van der Waals surface area contributed by atoms with Crippen molar-refractivity contribution in [2.75, 3.05) is 25.0 Å². The van der Waals surface area contributed by atoms with Crippen LogP contribution in [0.15, 0.2) is 18.2 Å². The van der Waals surface area contributed by atoms with Gasteiger partial charge in [-0.3, -0.25) is 14.9 Å². The second-order valence-corrected chi connectivity index (χ2v) is 4.73. The van der Waals surface area contributed by atoms with Crippen LogP contribution in [0, 0.1) is 10.1 Å². The maximum Gasteiger partial charge on any atom is 0.293 e. The fourth-order valence-electron chi connectivity index (χ4n) is 2.16. The molecule has 1 N–H and O–H groups in total. The minimum Gasteiger partial charge on any atom is -0.379 e. The smallest absolute Gasteiger partial charge is 0.293 e. The van der Waals surface area contributed by atoms with E-state index in [4.69, 9.17) is 0 Å². The van der Waals surface area contributed by atoms with E-state index in [1.165, 1.54) is 6.07 Å². The van der Waals surface area contributed by atoms with Crippen LogP contribution in [0.3, 0.4) is 0 Å². The Morgan fingerprint density at radius 2 is 2.05 bits per heavy atom. The van der Waals surface area contributed by atoms with E-state index in [9.17, 15) is 14.9 Å². The lowest BCUT2D eigenvalue weighted by Gasteiger charge is -2.22. The predicted octanol–water partition coefficient (Wildman–Crippen LogP) is 3.29. The molecular formula is C15H23N3O3. The van der Waals surface area contributed by atoms with Crippen LogP contribution in [0.1, 0.15) is 44.0 Å². The first-order chi connectivity index (χ1) is 10.1. The Kier molecular flexibility index (Phi) is 6.65. The van der Waals surface area contributed by atoms with Gasteiger partial charge in [-0.2, -0.15) is 0 Å². The van der Waals surface area contributed by atoms with E-state index in [0.29, 0.717) is 30.9 Å². The highest BCUT2D eigenvalue weighted by Crippen LogP contribution is 2.29. The first-order valence-electron chi connectivity index (χ1n) is 7.37. The third-order valence-electron chi connectivity index (χ3n) is 3.27. The van der Waals surface area contributed by atoms with Crippen molar-refractivity contribution in [2.45, 2.75) is 33.6 Å². The van der Waals surface area contributed by atoms with Gasteiger partial charge in [0.2, 0.25) is 0 Å². The molecule has 0 bridgehead atoms. The number of benzene rings is 1. The molecule has 0 heterocycles. The lowest BCUT2D eigenvalue weighted by Crippen LogP contribution is -2.32. The fourth-order valence-corrected chi connectivity index (χ4v) is 2.16. The summed E-state index contributed by atoms with van der Waals surface area (Å²) in [6, 6.07) is 4.61. The van der Waals surface area contributed by atoms with Crippen molar-refractivity contribution >= 4 is 17.3 Å². The minimum absolute atomic E-state index is 0.0609. The fraction of sp³-hybridized carbons (Fsp3) is 0.533. The van der Waals surface area contributed by atoms with Gasteiger partial charge >= 0.3 is 0 Å². The molecule has 0 aliphatic carbocycles. The van der Waals surface area contributed by atoms with Crippen LogP contribution in [-0.2, 0) is 0 Å².